The molecule has 0 aliphatic heterocycles. The van der Waals surface area contributed by atoms with Crippen LogP contribution in [0, 0.1) is 17.8 Å². The number of rotatable bonds is 1. The summed E-state index contributed by atoms with van der Waals surface area (Å²) in [6.45, 7) is 10.8. The lowest BCUT2D eigenvalue weighted by molar-refractivity contribution is 0.446. The maximum absolute atomic E-state index is 5.46. The molecule has 0 radical (unpaired) electrons. The van der Waals surface area contributed by atoms with Gasteiger partial charge in [-0.15, -0.1) is 10.2 Å². The van der Waals surface area contributed by atoms with Crippen LogP contribution < -0.4 is 0 Å². The van der Waals surface area contributed by atoms with Crippen LogP contribution in [0.2, 0.25) is 0 Å². The predicted octanol–water partition coefficient (Wildman–Crippen LogP) is 2.53. The Kier molecular flexibility index (Phi) is 1.44. The summed E-state index contributed by atoms with van der Waals surface area (Å²) in [6.07, 6.45) is 0. The smallest absolute Gasteiger partial charge is 0.220 e. The van der Waals surface area contributed by atoms with Crippen molar-refractivity contribution in [1.82, 2.24) is 10.2 Å². The molecular weight excluding hydrogens is 164 g/mol. The molecule has 0 bridgehead atoms. The lowest BCUT2D eigenvalue weighted by Gasteiger charge is -2.03. The summed E-state index contributed by atoms with van der Waals surface area (Å²) in [5, 5.41) is 7.94. The molecule has 0 amide bonds. The Balaban J connectivity index is 2.32. The zero-order valence-electron chi connectivity index (χ0n) is 8.88. The van der Waals surface area contributed by atoms with Crippen LogP contribution in [0.25, 0.3) is 0 Å². The average Bonchev–Trinajstić information content (AvgIpc) is 2.32. The molecule has 0 atom stereocenters. The van der Waals surface area contributed by atoms with Gasteiger partial charge in [-0.1, -0.05) is 27.7 Å². The summed E-state index contributed by atoms with van der Waals surface area (Å²) in [5.41, 5.74) is 0.567. The van der Waals surface area contributed by atoms with Crippen molar-refractivity contribution in [1.29, 1.82) is 0 Å². The fourth-order valence-electron chi connectivity index (χ4n) is 2.24. The molecule has 0 spiro atoms. The van der Waals surface area contributed by atoms with Gasteiger partial charge >= 0.3 is 0 Å². The molecule has 0 aromatic carbocycles. The number of aromatic nitrogens is 2. The van der Waals surface area contributed by atoms with Gasteiger partial charge in [0.25, 0.3) is 0 Å². The highest BCUT2D eigenvalue weighted by molar-refractivity contribution is 5.24. The Morgan fingerprint density at radius 1 is 1.08 bits per heavy atom. The minimum atomic E-state index is 0.284. The molecule has 1 saturated carbocycles. The topological polar surface area (TPSA) is 38.9 Å². The molecule has 1 aliphatic carbocycles. The molecule has 13 heavy (non-hydrogen) atoms. The van der Waals surface area contributed by atoms with Gasteiger partial charge in [0.2, 0.25) is 11.8 Å². The number of aryl methyl sites for hydroxylation is 1. The second-order valence-corrected chi connectivity index (χ2v) is 5.04. The van der Waals surface area contributed by atoms with Gasteiger partial charge in [0.1, 0.15) is 0 Å². The molecule has 0 saturated heterocycles. The van der Waals surface area contributed by atoms with E-state index in [1.54, 1.807) is 0 Å². The van der Waals surface area contributed by atoms with Crippen molar-refractivity contribution in [2.24, 2.45) is 10.8 Å². The fourth-order valence-corrected chi connectivity index (χ4v) is 2.24. The van der Waals surface area contributed by atoms with Gasteiger partial charge in [0.15, 0.2) is 0 Å². The SMILES string of the molecule is Cc1nnc(C2C(C)(C)C2(C)C)o1. The summed E-state index contributed by atoms with van der Waals surface area (Å²) in [4.78, 5) is 0. The van der Waals surface area contributed by atoms with Crippen molar-refractivity contribution in [2.75, 3.05) is 0 Å². The second-order valence-electron chi connectivity index (χ2n) is 5.04. The van der Waals surface area contributed by atoms with Gasteiger partial charge in [-0.3, -0.25) is 0 Å². The first-order valence-corrected chi connectivity index (χ1v) is 4.67. The van der Waals surface area contributed by atoms with Crippen LogP contribution in [0.15, 0.2) is 4.42 Å². The van der Waals surface area contributed by atoms with E-state index in [4.69, 9.17) is 4.42 Å². The largest absolute Gasteiger partial charge is 0.425 e. The van der Waals surface area contributed by atoms with Crippen molar-refractivity contribution in [3.63, 3.8) is 0 Å². The highest BCUT2D eigenvalue weighted by atomic mass is 16.4. The van der Waals surface area contributed by atoms with Gasteiger partial charge < -0.3 is 4.42 Å². The van der Waals surface area contributed by atoms with Crippen LogP contribution in [-0.2, 0) is 0 Å². The summed E-state index contributed by atoms with van der Waals surface area (Å²) < 4.78 is 5.46. The third-order valence-corrected chi connectivity index (χ3v) is 3.81. The minimum Gasteiger partial charge on any atom is -0.425 e. The number of nitrogens with zero attached hydrogens (tertiary/aromatic N) is 2. The lowest BCUT2D eigenvalue weighted by Crippen LogP contribution is -1.95. The zero-order chi connectivity index (χ0) is 9.85. The third-order valence-electron chi connectivity index (χ3n) is 3.81. The van der Waals surface area contributed by atoms with Gasteiger partial charge in [-0.05, 0) is 10.8 Å². The summed E-state index contributed by atoms with van der Waals surface area (Å²) in [6, 6.07) is 0. The first kappa shape index (κ1) is 8.73. The van der Waals surface area contributed by atoms with Crippen molar-refractivity contribution >= 4 is 0 Å². The highest BCUT2D eigenvalue weighted by Crippen LogP contribution is 2.73. The molecule has 1 aromatic rings. The van der Waals surface area contributed by atoms with E-state index in [9.17, 15) is 0 Å². The van der Waals surface area contributed by atoms with Crippen LogP contribution in [-0.4, -0.2) is 10.2 Å². The molecule has 1 heterocycles. The number of hydrogen-bond donors (Lipinski definition) is 0. The second kappa shape index (κ2) is 2.14. The molecule has 0 N–H and O–H groups in total. The van der Waals surface area contributed by atoms with E-state index >= 15 is 0 Å². The lowest BCUT2D eigenvalue weighted by atomic mass is 10.0. The Hall–Kier alpha value is -0.860. The van der Waals surface area contributed by atoms with E-state index in [0.29, 0.717) is 11.8 Å². The van der Waals surface area contributed by atoms with Gasteiger partial charge in [-0.25, -0.2) is 0 Å². The molecular formula is C10H16N2O. The van der Waals surface area contributed by atoms with E-state index in [2.05, 4.69) is 37.9 Å². The minimum absolute atomic E-state index is 0.284. The third kappa shape index (κ3) is 0.960. The normalized spacial score (nSPS) is 24.7. The monoisotopic (exact) mass is 180 g/mol. The molecule has 3 heteroatoms. The Morgan fingerprint density at radius 2 is 1.62 bits per heavy atom. The molecule has 72 valence electrons. The first-order chi connectivity index (χ1) is 5.87. The van der Waals surface area contributed by atoms with Crippen LogP contribution in [0.3, 0.4) is 0 Å². The first-order valence-electron chi connectivity index (χ1n) is 4.67. The van der Waals surface area contributed by atoms with Crippen LogP contribution in [0.4, 0.5) is 0 Å². The standard InChI is InChI=1S/C10H16N2O/c1-6-11-12-8(13-6)7-9(2,3)10(7,4)5/h7H,1-5H3. The Bertz CT molecular complexity index is 324. The maximum Gasteiger partial charge on any atom is 0.220 e. The molecule has 2 rings (SSSR count). The highest BCUT2D eigenvalue weighted by Gasteiger charge is 2.67. The van der Waals surface area contributed by atoms with Gasteiger partial charge in [-0.2, -0.15) is 0 Å². The summed E-state index contributed by atoms with van der Waals surface area (Å²) in [7, 11) is 0. The molecule has 0 unspecified atom stereocenters. The number of hydrogen-bond acceptors (Lipinski definition) is 3. The van der Waals surface area contributed by atoms with Crippen molar-refractivity contribution in [3.05, 3.63) is 11.8 Å². The van der Waals surface area contributed by atoms with Crippen LogP contribution in [0.5, 0.6) is 0 Å². The average molecular weight is 180 g/mol. The van der Waals surface area contributed by atoms with E-state index in [0.717, 1.165) is 5.89 Å². The van der Waals surface area contributed by atoms with Gasteiger partial charge in [0, 0.05) is 12.8 Å². The molecule has 1 aliphatic rings. The fraction of sp³-hybridized carbons (Fsp3) is 0.800. The Morgan fingerprint density at radius 3 is 1.92 bits per heavy atom. The van der Waals surface area contributed by atoms with Crippen molar-refractivity contribution in [3.8, 4) is 0 Å². The summed E-state index contributed by atoms with van der Waals surface area (Å²) >= 11 is 0. The van der Waals surface area contributed by atoms with Crippen molar-refractivity contribution < 1.29 is 4.42 Å². The van der Waals surface area contributed by atoms with Crippen molar-refractivity contribution in [2.45, 2.75) is 40.5 Å². The van der Waals surface area contributed by atoms with E-state index in [1.165, 1.54) is 0 Å². The van der Waals surface area contributed by atoms with E-state index in [-0.39, 0.29) is 10.8 Å². The molecule has 1 aromatic heterocycles. The van der Waals surface area contributed by atoms with Gasteiger partial charge in [0.05, 0.1) is 0 Å². The van der Waals surface area contributed by atoms with E-state index < -0.39 is 0 Å². The summed E-state index contributed by atoms with van der Waals surface area (Å²) in [5.74, 6) is 1.88. The maximum atomic E-state index is 5.46. The quantitative estimate of drug-likeness (QED) is 0.666. The predicted molar refractivity (Wildman–Crippen MR) is 49.3 cm³/mol. The van der Waals surface area contributed by atoms with Crippen LogP contribution >= 0.6 is 0 Å². The van der Waals surface area contributed by atoms with Crippen LogP contribution in [0.1, 0.15) is 45.4 Å². The van der Waals surface area contributed by atoms with E-state index in [1.807, 2.05) is 6.92 Å². The Labute approximate surface area is 78.5 Å². The molecule has 1 fully saturated rings. The molecule has 3 nitrogen and oxygen atoms in total. The zero-order valence-corrected chi connectivity index (χ0v) is 8.88.